The third-order valence-corrected chi connectivity index (χ3v) is 6.08. The van der Waals surface area contributed by atoms with Gasteiger partial charge in [0.1, 0.15) is 5.70 Å². The predicted molar refractivity (Wildman–Crippen MR) is 114 cm³/mol. The van der Waals surface area contributed by atoms with Crippen LogP contribution in [0.3, 0.4) is 0 Å². The first-order chi connectivity index (χ1) is 13.9. The van der Waals surface area contributed by atoms with E-state index in [9.17, 15) is 9.59 Å². The van der Waals surface area contributed by atoms with E-state index in [-0.39, 0.29) is 16.8 Å². The molecule has 0 unspecified atom stereocenters. The van der Waals surface area contributed by atoms with Gasteiger partial charge in [0.05, 0.1) is 34.5 Å². The number of aryl methyl sites for hydroxylation is 2. The van der Waals surface area contributed by atoms with Gasteiger partial charge in [-0.25, -0.2) is 4.90 Å². The molecular weight excluding hydrogens is 411 g/mol. The molecule has 2 amide bonds. The molecule has 1 saturated heterocycles. The Morgan fingerprint density at radius 1 is 0.862 bits per heavy atom. The first kappa shape index (κ1) is 20.0. The average Bonchev–Trinajstić information content (AvgIpc) is 2.97. The quantitative estimate of drug-likeness (QED) is 0.683. The Balaban J connectivity index is 1.85. The molecule has 5 nitrogen and oxygen atoms in total. The molecule has 29 heavy (non-hydrogen) atoms. The van der Waals surface area contributed by atoms with Crippen LogP contribution in [-0.4, -0.2) is 43.0 Å². The molecule has 0 saturated carbocycles. The fourth-order valence-electron chi connectivity index (χ4n) is 3.61. The van der Waals surface area contributed by atoms with Crippen molar-refractivity contribution in [3.05, 3.63) is 68.8 Å². The Morgan fingerprint density at radius 3 is 2.24 bits per heavy atom. The summed E-state index contributed by atoms with van der Waals surface area (Å²) in [6.07, 6.45) is 0. The van der Waals surface area contributed by atoms with E-state index in [4.69, 9.17) is 27.9 Å². The number of anilines is 1. The van der Waals surface area contributed by atoms with Crippen LogP contribution in [0.15, 0.2) is 42.1 Å². The van der Waals surface area contributed by atoms with Crippen molar-refractivity contribution in [1.29, 1.82) is 0 Å². The number of carbonyl (C=O) groups excluding carboxylic acids is 2. The number of hydrogen-bond donors (Lipinski definition) is 0. The summed E-state index contributed by atoms with van der Waals surface area (Å²) in [6, 6.07) is 10.6. The van der Waals surface area contributed by atoms with Crippen molar-refractivity contribution < 1.29 is 14.3 Å². The smallest absolute Gasteiger partial charge is 0.282 e. The molecule has 2 aliphatic heterocycles. The van der Waals surface area contributed by atoms with Gasteiger partial charge >= 0.3 is 0 Å². The lowest BCUT2D eigenvalue weighted by Gasteiger charge is -2.29. The van der Waals surface area contributed by atoms with Crippen molar-refractivity contribution in [1.82, 2.24) is 4.90 Å². The zero-order valence-corrected chi connectivity index (χ0v) is 17.7. The van der Waals surface area contributed by atoms with E-state index < -0.39 is 0 Å². The Labute approximate surface area is 179 Å². The molecule has 4 rings (SSSR count). The Bertz CT molecular complexity index is 1040. The molecule has 0 bridgehead atoms. The molecule has 1 fully saturated rings. The topological polar surface area (TPSA) is 49.9 Å². The minimum absolute atomic E-state index is 0.289. The molecule has 0 spiro atoms. The Morgan fingerprint density at radius 2 is 1.59 bits per heavy atom. The maximum atomic E-state index is 13.5. The third kappa shape index (κ3) is 3.54. The van der Waals surface area contributed by atoms with E-state index in [1.54, 1.807) is 18.2 Å². The van der Waals surface area contributed by atoms with Gasteiger partial charge in [0.15, 0.2) is 0 Å². The second-order valence-electron chi connectivity index (χ2n) is 7.17. The summed E-state index contributed by atoms with van der Waals surface area (Å²) in [5.74, 6) is -0.721. The van der Waals surface area contributed by atoms with E-state index in [0.717, 1.165) is 16.7 Å². The number of imide groups is 1. The van der Waals surface area contributed by atoms with E-state index >= 15 is 0 Å². The van der Waals surface area contributed by atoms with Gasteiger partial charge in [-0.3, -0.25) is 9.59 Å². The number of morpholine rings is 1. The molecule has 2 aromatic carbocycles. The van der Waals surface area contributed by atoms with Gasteiger partial charge in [0.2, 0.25) is 0 Å². The van der Waals surface area contributed by atoms with Crippen LogP contribution in [0.25, 0.3) is 5.57 Å². The molecule has 7 heteroatoms. The molecule has 0 aliphatic carbocycles. The summed E-state index contributed by atoms with van der Waals surface area (Å²) in [5, 5.41) is 0.655. The summed E-state index contributed by atoms with van der Waals surface area (Å²) >= 11 is 12.2. The van der Waals surface area contributed by atoms with Crippen LogP contribution >= 0.6 is 23.2 Å². The SMILES string of the molecule is Cc1ccc(C2=C(N3CCOCC3)C(=O)N(c3ccc(Cl)c(Cl)c3)C2=O)cc1C. The highest BCUT2D eigenvalue weighted by molar-refractivity contribution is 6.46. The predicted octanol–water partition coefficient (Wildman–Crippen LogP) is 4.23. The molecule has 150 valence electrons. The van der Waals surface area contributed by atoms with Gasteiger partial charge in [-0.05, 0) is 48.7 Å². The largest absolute Gasteiger partial charge is 0.378 e. The highest BCUT2D eigenvalue weighted by atomic mass is 35.5. The summed E-state index contributed by atoms with van der Waals surface area (Å²) in [5.41, 5.74) is 4.14. The molecule has 2 aromatic rings. The van der Waals surface area contributed by atoms with Crippen LogP contribution in [-0.2, 0) is 14.3 Å². The average molecular weight is 431 g/mol. The zero-order chi connectivity index (χ0) is 20.7. The number of amides is 2. The maximum absolute atomic E-state index is 13.5. The summed E-state index contributed by atoms with van der Waals surface area (Å²) in [7, 11) is 0. The number of benzene rings is 2. The monoisotopic (exact) mass is 430 g/mol. The summed E-state index contributed by atoms with van der Waals surface area (Å²) in [6.45, 7) is 6.14. The van der Waals surface area contributed by atoms with Gasteiger partial charge < -0.3 is 9.64 Å². The highest BCUT2D eigenvalue weighted by Gasteiger charge is 2.43. The van der Waals surface area contributed by atoms with Crippen LogP contribution in [0, 0.1) is 13.8 Å². The van der Waals surface area contributed by atoms with E-state index in [1.165, 1.54) is 4.90 Å². The number of ether oxygens (including phenoxy) is 1. The molecule has 0 atom stereocenters. The number of nitrogens with zero attached hydrogens (tertiary/aromatic N) is 2. The van der Waals surface area contributed by atoms with Crippen LogP contribution < -0.4 is 4.90 Å². The fraction of sp³-hybridized carbons (Fsp3) is 0.273. The molecule has 0 aromatic heterocycles. The van der Waals surface area contributed by atoms with Gasteiger partial charge in [-0.2, -0.15) is 0 Å². The van der Waals surface area contributed by atoms with Crippen LogP contribution in [0.1, 0.15) is 16.7 Å². The maximum Gasteiger partial charge on any atom is 0.282 e. The second kappa shape index (κ2) is 7.82. The molecule has 0 N–H and O–H groups in total. The lowest BCUT2D eigenvalue weighted by molar-refractivity contribution is -0.121. The van der Waals surface area contributed by atoms with Crippen molar-refractivity contribution in [3.8, 4) is 0 Å². The lowest BCUT2D eigenvalue weighted by Crippen LogP contribution is -2.40. The molecule has 2 heterocycles. The van der Waals surface area contributed by atoms with Crippen molar-refractivity contribution in [2.24, 2.45) is 0 Å². The van der Waals surface area contributed by atoms with Crippen molar-refractivity contribution >= 4 is 46.3 Å². The summed E-state index contributed by atoms with van der Waals surface area (Å²) < 4.78 is 5.43. The standard InChI is InChI=1S/C22H20Cl2N2O3/c1-13-3-4-15(11-14(13)2)19-20(25-7-9-29-10-8-25)22(28)26(21(19)27)16-5-6-17(23)18(24)12-16/h3-6,11-12H,7-10H2,1-2H3. The van der Waals surface area contributed by atoms with Crippen molar-refractivity contribution in [2.45, 2.75) is 13.8 Å². The number of halogens is 2. The minimum atomic E-state index is -0.363. The molecular formula is C22H20Cl2N2O3. The Hall–Kier alpha value is -2.34. The van der Waals surface area contributed by atoms with E-state index in [0.29, 0.717) is 48.3 Å². The number of hydrogen-bond acceptors (Lipinski definition) is 4. The number of rotatable bonds is 3. The summed E-state index contributed by atoms with van der Waals surface area (Å²) in [4.78, 5) is 30.0. The van der Waals surface area contributed by atoms with Crippen molar-refractivity contribution in [3.63, 3.8) is 0 Å². The van der Waals surface area contributed by atoms with E-state index in [1.807, 2.05) is 36.9 Å². The normalized spacial score (nSPS) is 17.5. The van der Waals surface area contributed by atoms with Gasteiger partial charge in [0.25, 0.3) is 11.8 Å². The molecule has 2 aliphatic rings. The lowest BCUT2D eigenvalue weighted by atomic mass is 9.99. The van der Waals surface area contributed by atoms with E-state index in [2.05, 4.69) is 0 Å². The second-order valence-corrected chi connectivity index (χ2v) is 7.98. The van der Waals surface area contributed by atoms with Crippen LogP contribution in [0.4, 0.5) is 5.69 Å². The zero-order valence-electron chi connectivity index (χ0n) is 16.2. The number of carbonyl (C=O) groups is 2. The first-order valence-corrected chi connectivity index (χ1v) is 10.1. The Kier molecular flexibility index (Phi) is 5.38. The highest BCUT2D eigenvalue weighted by Crippen LogP contribution is 2.37. The van der Waals surface area contributed by atoms with Gasteiger partial charge in [-0.1, -0.05) is 41.4 Å². The molecule has 0 radical (unpaired) electrons. The fourth-order valence-corrected chi connectivity index (χ4v) is 3.91. The van der Waals surface area contributed by atoms with Gasteiger partial charge in [-0.15, -0.1) is 0 Å². The van der Waals surface area contributed by atoms with Crippen molar-refractivity contribution in [2.75, 3.05) is 31.2 Å². The van der Waals surface area contributed by atoms with Gasteiger partial charge in [0, 0.05) is 13.1 Å². The van der Waals surface area contributed by atoms with Crippen LogP contribution in [0.5, 0.6) is 0 Å². The minimum Gasteiger partial charge on any atom is -0.378 e. The third-order valence-electron chi connectivity index (χ3n) is 5.34. The van der Waals surface area contributed by atoms with Crippen LogP contribution in [0.2, 0.25) is 10.0 Å². The first-order valence-electron chi connectivity index (χ1n) is 9.37.